The van der Waals surface area contributed by atoms with Crippen molar-refractivity contribution >= 4 is 0 Å². The Balaban J connectivity index is 0. The molecule has 0 aliphatic heterocycles. The lowest BCUT2D eigenvalue weighted by atomic mass is 10.5. The van der Waals surface area contributed by atoms with E-state index in [9.17, 15) is 0 Å². The van der Waals surface area contributed by atoms with Gasteiger partial charge in [-0.1, -0.05) is 19.4 Å². The second-order valence-electron chi connectivity index (χ2n) is 1.61. The Morgan fingerprint density at radius 1 is 1.11 bits per heavy atom. The van der Waals surface area contributed by atoms with Gasteiger partial charge in [-0.15, -0.1) is 0 Å². The molecule has 0 fully saturated rings. The summed E-state index contributed by atoms with van der Waals surface area (Å²) in [7, 11) is 0. The third kappa shape index (κ3) is 18.4. The Morgan fingerprint density at radius 2 is 1.44 bits per heavy atom. The molecule has 9 heavy (non-hydrogen) atoms. The Hall–Kier alpha value is -0.440. The minimum atomic E-state index is 0.924. The number of hydrogen-bond donors (Lipinski definition) is 1. The monoisotopic (exact) mass is 133 g/mol. The van der Waals surface area contributed by atoms with Crippen molar-refractivity contribution < 1.29 is 4.74 Å². The summed E-state index contributed by atoms with van der Waals surface area (Å²) in [6, 6.07) is 0. The van der Waals surface area contributed by atoms with Crippen LogP contribution in [0.5, 0.6) is 0 Å². The van der Waals surface area contributed by atoms with Crippen molar-refractivity contribution in [2.75, 3.05) is 13.2 Å². The highest BCUT2D eigenvalue weighted by atomic mass is 16.5. The number of rotatable bonds is 4. The predicted molar refractivity (Wildman–Crippen MR) is 37.5 cm³/mol. The van der Waals surface area contributed by atoms with Crippen LogP contribution in [0.25, 0.3) is 0 Å². The molecule has 0 heterocycles. The van der Waals surface area contributed by atoms with Gasteiger partial charge in [-0.3, -0.25) is 0 Å². The summed E-state index contributed by atoms with van der Waals surface area (Å²) < 4.78 is 5.13. The molecular weight excluding hydrogens is 118 g/mol. The summed E-state index contributed by atoms with van der Waals surface area (Å²) in [4.78, 5) is 7.50. The van der Waals surface area contributed by atoms with Gasteiger partial charge in [0.15, 0.2) is 0 Å². The summed E-state index contributed by atoms with van der Waals surface area (Å²) in [6.45, 7) is 6.09. The first kappa shape index (κ1) is 11.4. The van der Waals surface area contributed by atoms with E-state index in [1.165, 1.54) is 0 Å². The minimum absolute atomic E-state index is 0.924. The van der Waals surface area contributed by atoms with Crippen LogP contribution in [0.2, 0.25) is 0 Å². The van der Waals surface area contributed by atoms with Crippen LogP contribution in [0.1, 0.15) is 26.7 Å². The lowest BCUT2D eigenvalue weighted by Crippen LogP contribution is -1.92. The second-order valence-corrected chi connectivity index (χ2v) is 1.61. The van der Waals surface area contributed by atoms with E-state index in [1.807, 2.05) is 0 Å². The standard InChI is InChI=1S/C6H14O.HNO/c1-3-5-7-6-4-2;1-2/h3-6H2,1-2H3;1H. The highest BCUT2D eigenvalue weighted by Gasteiger charge is 1.77. The molecule has 0 aromatic rings. The van der Waals surface area contributed by atoms with E-state index in [1.54, 1.807) is 0 Å². The summed E-state index contributed by atoms with van der Waals surface area (Å²) in [5, 5.41) is 0. The van der Waals surface area contributed by atoms with Crippen molar-refractivity contribution in [3.8, 4) is 0 Å². The average Bonchev–Trinajstić information content (AvgIpc) is 1.94. The topological polar surface area (TPSA) is 50.1 Å². The van der Waals surface area contributed by atoms with Gasteiger partial charge in [-0.25, -0.2) is 0 Å². The molecule has 0 unspecified atom stereocenters. The SMILES string of the molecule is CCCOCCC.N=O. The fourth-order valence-corrected chi connectivity index (χ4v) is 0.391. The van der Waals surface area contributed by atoms with Gasteiger partial charge in [0.1, 0.15) is 0 Å². The van der Waals surface area contributed by atoms with Crippen molar-refractivity contribution in [1.29, 1.82) is 5.59 Å². The third-order valence-electron chi connectivity index (χ3n) is 0.697. The molecule has 0 saturated heterocycles. The molecule has 0 bridgehead atoms. The van der Waals surface area contributed by atoms with Crippen LogP contribution in [0.4, 0.5) is 0 Å². The van der Waals surface area contributed by atoms with E-state index in [0.717, 1.165) is 26.1 Å². The zero-order chi connectivity index (χ0) is 7.54. The number of nitrogens with one attached hydrogen (secondary N) is 1. The van der Waals surface area contributed by atoms with E-state index in [0.29, 0.717) is 0 Å². The predicted octanol–water partition coefficient (Wildman–Crippen LogP) is 2.15. The molecule has 0 spiro atoms. The van der Waals surface area contributed by atoms with Gasteiger partial charge in [0.05, 0.1) is 0 Å². The van der Waals surface area contributed by atoms with Gasteiger partial charge in [0, 0.05) is 13.2 Å². The van der Waals surface area contributed by atoms with Crippen LogP contribution in [0.3, 0.4) is 0 Å². The van der Waals surface area contributed by atoms with Crippen LogP contribution >= 0.6 is 0 Å². The Kier molecular flexibility index (Phi) is 19.8. The van der Waals surface area contributed by atoms with Crippen LogP contribution < -0.4 is 0 Å². The molecule has 3 nitrogen and oxygen atoms in total. The molecule has 0 rings (SSSR count). The molecule has 0 aromatic heterocycles. The molecule has 0 aromatic carbocycles. The Labute approximate surface area is 56.2 Å². The zero-order valence-corrected chi connectivity index (χ0v) is 6.14. The fourth-order valence-electron chi connectivity index (χ4n) is 0.391. The molecule has 3 heteroatoms. The van der Waals surface area contributed by atoms with Gasteiger partial charge in [0.2, 0.25) is 0 Å². The lowest BCUT2D eigenvalue weighted by Gasteiger charge is -1.95. The van der Waals surface area contributed by atoms with Crippen molar-refractivity contribution in [2.45, 2.75) is 26.7 Å². The summed E-state index contributed by atoms with van der Waals surface area (Å²) in [6.07, 6.45) is 2.28. The van der Waals surface area contributed by atoms with Crippen LogP contribution in [0.15, 0.2) is 0 Å². The molecule has 0 saturated carbocycles. The average molecular weight is 133 g/mol. The highest BCUT2D eigenvalue weighted by molar-refractivity contribution is 4.25. The largest absolute Gasteiger partial charge is 0.381 e. The van der Waals surface area contributed by atoms with Crippen molar-refractivity contribution in [3.05, 3.63) is 4.91 Å². The quantitative estimate of drug-likeness (QED) is 0.472. The van der Waals surface area contributed by atoms with Crippen molar-refractivity contribution in [2.24, 2.45) is 0 Å². The van der Waals surface area contributed by atoms with E-state index in [4.69, 9.17) is 9.64 Å². The number of ether oxygens (including phenoxy) is 1. The summed E-state index contributed by atoms with van der Waals surface area (Å²) in [5.41, 5.74) is 4.50. The van der Waals surface area contributed by atoms with Gasteiger partial charge in [0.25, 0.3) is 0 Å². The molecular formula is C6H15NO2. The third-order valence-corrected chi connectivity index (χ3v) is 0.697. The Morgan fingerprint density at radius 3 is 1.67 bits per heavy atom. The maximum Gasteiger partial charge on any atom is 0.0463 e. The van der Waals surface area contributed by atoms with E-state index >= 15 is 0 Å². The van der Waals surface area contributed by atoms with Gasteiger partial charge in [-0.2, -0.15) is 4.91 Å². The van der Waals surface area contributed by atoms with Gasteiger partial charge < -0.3 is 4.74 Å². The van der Waals surface area contributed by atoms with Crippen LogP contribution in [0, 0.1) is 10.5 Å². The number of hydrogen-bond acceptors (Lipinski definition) is 3. The smallest absolute Gasteiger partial charge is 0.0463 e. The Bertz CT molecular complexity index is 38.0. The molecule has 0 aliphatic rings. The van der Waals surface area contributed by atoms with Gasteiger partial charge in [-0.05, 0) is 12.8 Å². The molecule has 56 valence electrons. The fraction of sp³-hybridized carbons (Fsp3) is 1.00. The summed E-state index contributed by atoms with van der Waals surface area (Å²) >= 11 is 0. The second kappa shape index (κ2) is 15.6. The molecule has 0 aliphatic carbocycles. The highest BCUT2D eigenvalue weighted by Crippen LogP contribution is 1.81. The number of nitroso groups, excluding NO2 is 1. The normalized spacial score (nSPS) is 7.78. The first-order valence-electron chi connectivity index (χ1n) is 3.20. The lowest BCUT2D eigenvalue weighted by molar-refractivity contribution is 0.135. The molecule has 0 atom stereocenters. The maximum atomic E-state index is 7.50. The first-order valence-corrected chi connectivity index (χ1v) is 3.20. The van der Waals surface area contributed by atoms with Crippen LogP contribution in [-0.2, 0) is 4.74 Å². The molecule has 0 radical (unpaired) electrons. The van der Waals surface area contributed by atoms with Crippen molar-refractivity contribution in [3.63, 3.8) is 0 Å². The van der Waals surface area contributed by atoms with E-state index in [-0.39, 0.29) is 0 Å². The summed E-state index contributed by atoms with van der Waals surface area (Å²) in [5.74, 6) is 0. The molecule has 1 N–H and O–H groups in total. The first-order chi connectivity index (χ1) is 4.41. The van der Waals surface area contributed by atoms with Gasteiger partial charge >= 0.3 is 0 Å². The van der Waals surface area contributed by atoms with Crippen LogP contribution in [-0.4, -0.2) is 13.2 Å². The zero-order valence-electron chi connectivity index (χ0n) is 6.14. The van der Waals surface area contributed by atoms with Crippen molar-refractivity contribution in [1.82, 2.24) is 0 Å². The van der Waals surface area contributed by atoms with E-state index < -0.39 is 0 Å². The minimum Gasteiger partial charge on any atom is -0.381 e. The van der Waals surface area contributed by atoms with E-state index in [2.05, 4.69) is 19.4 Å². The maximum absolute atomic E-state index is 7.50. The molecule has 0 amide bonds.